The van der Waals surface area contributed by atoms with Crippen LogP contribution >= 0.6 is 0 Å². The number of carbonyl (C=O) groups excluding carboxylic acids is 1. The van der Waals surface area contributed by atoms with Gasteiger partial charge in [0, 0.05) is 0 Å². The molecule has 0 radical (unpaired) electrons. The number of hydrazone groups is 1. The van der Waals surface area contributed by atoms with Crippen molar-refractivity contribution in [3.05, 3.63) is 59.7 Å². The van der Waals surface area contributed by atoms with Crippen molar-refractivity contribution in [2.24, 2.45) is 5.10 Å². The van der Waals surface area contributed by atoms with Crippen molar-refractivity contribution in [3.63, 3.8) is 0 Å². The topological polar surface area (TPSA) is 59.9 Å². The van der Waals surface area contributed by atoms with Crippen LogP contribution in [0.4, 0.5) is 0 Å². The quantitative estimate of drug-likeness (QED) is 0.658. The Balaban J connectivity index is 1.76. The van der Waals surface area contributed by atoms with E-state index in [4.69, 9.17) is 9.47 Å². The van der Waals surface area contributed by atoms with Gasteiger partial charge in [-0.25, -0.2) is 5.43 Å². The summed E-state index contributed by atoms with van der Waals surface area (Å²) in [6.07, 6.45) is 1.56. The van der Waals surface area contributed by atoms with Gasteiger partial charge >= 0.3 is 0 Å². The van der Waals surface area contributed by atoms with E-state index >= 15 is 0 Å². The second kappa shape index (κ2) is 7.83. The van der Waals surface area contributed by atoms with Crippen molar-refractivity contribution in [3.8, 4) is 11.5 Å². The monoisotopic (exact) mass is 298 g/mol. The Kier molecular flexibility index (Phi) is 5.54. The van der Waals surface area contributed by atoms with Crippen LogP contribution in [0, 0.1) is 6.92 Å². The zero-order valence-corrected chi connectivity index (χ0v) is 12.6. The first-order valence-electron chi connectivity index (χ1n) is 6.83. The van der Waals surface area contributed by atoms with Crippen LogP contribution in [-0.4, -0.2) is 25.8 Å². The molecule has 5 nitrogen and oxygen atoms in total. The molecule has 5 heteroatoms. The zero-order valence-electron chi connectivity index (χ0n) is 12.6. The molecular formula is C17H18N2O3. The average Bonchev–Trinajstić information content (AvgIpc) is 2.55. The van der Waals surface area contributed by atoms with Crippen molar-refractivity contribution in [2.45, 2.75) is 6.92 Å². The Morgan fingerprint density at radius 2 is 1.73 bits per heavy atom. The lowest BCUT2D eigenvalue weighted by Crippen LogP contribution is -2.24. The third-order valence-corrected chi connectivity index (χ3v) is 2.91. The van der Waals surface area contributed by atoms with Gasteiger partial charge in [0.05, 0.1) is 13.3 Å². The van der Waals surface area contributed by atoms with Crippen molar-refractivity contribution in [2.75, 3.05) is 13.7 Å². The molecule has 2 rings (SSSR count). The molecule has 0 unspecified atom stereocenters. The molecule has 0 spiro atoms. The summed E-state index contributed by atoms with van der Waals surface area (Å²) in [5, 5.41) is 3.88. The summed E-state index contributed by atoms with van der Waals surface area (Å²) in [6.45, 7) is 1.91. The molecule has 2 aromatic rings. The number of nitrogens with zero attached hydrogens (tertiary/aromatic N) is 1. The Morgan fingerprint density at radius 1 is 1.09 bits per heavy atom. The van der Waals surface area contributed by atoms with Crippen LogP contribution in [0.15, 0.2) is 53.6 Å². The molecule has 0 aromatic heterocycles. The van der Waals surface area contributed by atoms with Gasteiger partial charge in [0.2, 0.25) is 0 Å². The van der Waals surface area contributed by atoms with Gasteiger partial charge in [-0.1, -0.05) is 17.7 Å². The van der Waals surface area contributed by atoms with E-state index in [0.717, 1.165) is 16.9 Å². The molecule has 0 bridgehead atoms. The van der Waals surface area contributed by atoms with Gasteiger partial charge in [0.15, 0.2) is 6.61 Å². The number of nitrogens with one attached hydrogen (secondary N) is 1. The second-order valence-electron chi connectivity index (χ2n) is 4.67. The summed E-state index contributed by atoms with van der Waals surface area (Å²) < 4.78 is 10.4. The predicted molar refractivity (Wildman–Crippen MR) is 85.4 cm³/mol. The van der Waals surface area contributed by atoms with Crippen molar-refractivity contribution >= 4 is 12.1 Å². The van der Waals surface area contributed by atoms with E-state index in [1.165, 1.54) is 0 Å². The third kappa shape index (κ3) is 4.94. The van der Waals surface area contributed by atoms with E-state index in [9.17, 15) is 4.79 Å². The van der Waals surface area contributed by atoms with E-state index in [0.29, 0.717) is 5.75 Å². The molecule has 0 saturated heterocycles. The smallest absolute Gasteiger partial charge is 0.277 e. The molecule has 0 aliphatic carbocycles. The lowest BCUT2D eigenvalue weighted by molar-refractivity contribution is -0.123. The molecule has 0 atom stereocenters. The third-order valence-electron chi connectivity index (χ3n) is 2.91. The fourth-order valence-electron chi connectivity index (χ4n) is 1.68. The first-order chi connectivity index (χ1) is 10.7. The van der Waals surface area contributed by atoms with Crippen LogP contribution in [0.5, 0.6) is 11.5 Å². The number of benzene rings is 2. The predicted octanol–water partition coefficient (Wildman–Crippen LogP) is 2.53. The normalized spacial score (nSPS) is 10.5. The number of ether oxygens (including phenoxy) is 2. The number of rotatable bonds is 6. The van der Waals surface area contributed by atoms with Gasteiger partial charge in [0.25, 0.3) is 5.91 Å². The standard InChI is InChI=1S/C17H18N2O3/c1-13-3-7-16(8-4-13)22-12-17(20)19-18-11-14-5-9-15(21-2)10-6-14/h3-11H,12H2,1-2H3,(H,19,20). The van der Waals surface area contributed by atoms with Gasteiger partial charge in [0.1, 0.15) is 11.5 Å². The van der Waals surface area contributed by atoms with Crippen LogP contribution in [-0.2, 0) is 4.79 Å². The minimum absolute atomic E-state index is 0.0803. The Hall–Kier alpha value is -2.82. The molecular weight excluding hydrogens is 280 g/mol. The molecule has 114 valence electrons. The van der Waals surface area contributed by atoms with E-state index < -0.39 is 0 Å². The summed E-state index contributed by atoms with van der Waals surface area (Å²) in [5.41, 5.74) is 4.42. The Labute approximate surface area is 129 Å². The maximum absolute atomic E-state index is 11.6. The molecule has 0 aliphatic heterocycles. The van der Waals surface area contributed by atoms with Gasteiger partial charge in [-0.05, 0) is 48.9 Å². The fourth-order valence-corrected chi connectivity index (χ4v) is 1.68. The summed E-state index contributed by atoms with van der Waals surface area (Å²) in [7, 11) is 1.61. The van der Waals surface area contributed by atoms with Gasteiger partial charge < -0.3 is 9.47 Å². The number of aryl methyl sites for hydroxylation is 1. The molecule has 0 heterocycles. The van der Waals surface area contributed by atoms with Crippen molar-refractivity contribution < 1.29 is 14.3 Å². The molecule has 22 heavy (non-hydrogen) atoms. The SMILES string of the molecule is COc1ccc(C=NNC(=O)COc2ccc(C)cc2)cc1. The van der Waals surface area contributed by atoms with E-state index in [-0.39, 0.29) is 12.5 Å². The maximum Gasteiger partial charge on any atom is 0.277 e. The fraction of sp³-hybridized carbons (Fsp3) is 0.176. The summed E-state index contributed by atoms with van der Waals surface area (Å²) in [6, 6.07) is 14.8. The highest BCUT2D eigenvalue weighted by Crippen LogP contribution is 2.11. The molecule has 0 aliphatic rings. The number of hydrogen-bond donors (Lipinski definition) is 1. The molecule has 0 fully saturated rings. The Morgan fingerprint density at radius 3 is 2.36 bits per heavy atom. The highest BCUT2D eigenvalue weighted by atomic mass is 16.5. The Bertz CT molecular complexity index is 634. The van der Waals surface area contributed by atoms with Crippen LogP contribution in [0.3, 0.4) is 0 Å². The van der Waals surface area contributed by atoms with E-state index in [2.05, 4.69) is 10.5 Å². The van der Waals surface area contributed by atoms with Gasteiger partial charge in [-0.3, -0.25) is 4.79 Å². The van der Waals surface area contributed by atoms with E-state index in [1.54, 1.807) is 13.3 Å². The first-order valence-corrected chi connectivity index (χ1v) is 6.83. The van der Waals surface area contributed by atoms with Crippen LogP contribution in [0.25, 0.3) is 0 Å². The highest BCUT2D eigenvalue weighted by molar-refractivity contribution is 5.83. The number of methoxy groups -OCH3 is 1. The van der Waals surface area contributed by atoms with Crippen LogP contribution in [0.2, 0.25) is 0 Å². The minimum Gasteiger partial charge on any atom is -0.497 e. The second-order valence-corrected chi connectivity index (χ2v) is 4.67. The van der Waals surface area contributed by atoms with Gasteiger partial charge in [-0.2, -0.15) is 5.10 Å². The van der Waals surface area contributed by atoms with Crippen LogP contribution in [0.1, 0.15) is 11.1 Å². The van der Waals surface area contributed by atoms with E-state index in [1.807, 2.05) is 55.5 Å². The number of amides is 1. The molecule has 0 saturated carbocycles. The lowest BCUT2D eigenvalue weighted by Gasteiger charge is -2.05. The highest BCUT2D eigenvalue weighted by Gasteiger charge is 2.01. The van der Waals surface area contributed by atoms with Crippen LogP contribution < -0.4 is 14.9 Å². The lowest BCUT2D eigenvalue weighted by atomic mass is 10.2. The summed E-state index contributed by atoms with van der Waals surface area (Å²) >= 11 is 0. The molecule has 1 amide bonds. The molecule has 2 aromatic carbocycles. The summed E-state index contributed by atoms with van der Waals surface area (Å²) in [4.78, 5) is 11.6. The van der Waals surface area contributed by atoms with Crippen molar-refractivity contribution in [1.82, 2.24) is 5.43 Å². The summed E-state index contributed by atoms with van der Waals surface area (Å²) in [5.74, 6) is 1.11. The maximum atomic E-state index is 11.6. The van der Waals surface area contributed by atoms with Gasteiger partial charge in [-0.15, -0.1) is 0 Å². The van der Waals surface area contributed by atoms with Crippen molar-refractivity contribution in [1.29, 1.82) is 0 Å². The molecule has 1 N–H and O–H groups in total. The number of carbonyl (C=O) groups is 1. The minimum atomic E-state index is -0.315. The number of hydrogen-bond acceptors (Lipinski definition) is 4. The largest absolute Gasteiger partial charge is 0.497 e. The average molecular weight is 298 g/mol. The first kappa shape index (κ1) is 15.6. The zero-order chi connectivity index (χ0) is 15.8.